The minimum atomic E-state index is -0.853. The second-order valence-electron chi connectivity index (χ2n) is 5.50. The lowest BCUT2D eigenvalue weighted by molar-refractivity contribution is -0.138. The Kier molecular flexibility index (Phi) is 5.79. The average molecular weight is 270 g/mol. The van der Waals surface area contributed by atoms with Gasteiger partial charge in [-0.1, -0.05) is 13.8 Å². The van der Waals surface area contributed by atoms with Gasteiger partial charge in [0, 0.05) is 19.4 Å². The maximum Gasteiger partial charge on any atom is 0.303 e. The third-order valence-electron chi connectivity index (χ3n) is 3.14. The van der Waals surface area contributed by atoms with Crippen LogP contribution in [0.25, 0.3) is 0 Å². The van der Waals surface area contributed by atoms with Gasteiger partial charge in [-0.2, -0.15) is 0 Å². The molecule has 0 radical (unpaired) electrons. The van der Waals surface area contributed by atoms with E-state index in [1.165, 1.54) is 0 Å². The zero-order chi connectivity index (χ0) is 14.4. The first kappa shape index (κ1) is 15.5. The normalized spacial score (nSPS) is 20.2. The molecule has 2 atom stereocenters. The average Bonchev–Trinajstić information content (AvgIpc) is 2.71. The number of hydrogen-bond acceptors (Lipinski definition) is 3. The second-order valence-corrected chi connectivity index (χ2v) is 5.50. The van der Waals surface area contributed by atoms with Crippen molar-refractivity contribution in [3.63, 3.8) is 0 Å². The molecule has 0 spiro atoms. The van der Waals surface area contributed by atoms with Crippen LogP contribution in [0.5, 0.6) is 0 Å². The lowest BCUT2D eigenvalue weighted by atomic mass is 9.94. The van der Waals surface area contributed by atoms with Crippen LogP contribution in [0.2, 0.25) is 0 Å². The number of aliphatic carboxylic acids is 1. The monoisotopic (exact) mass is 270 g/mol. The van der Waals surface area contributed by atoms with Crippen molar-refractivity contribution in [3.8, 4) is 0 Å². The molecule has 0 aromatic heterocycles. The molecular weight excluding hydrogens is 248 g/mol. The third kappa shape index (κ3) is 5.72. The Morgan fingerprint density at radius 2 is 2.16 bits per heavy atom. The largest absolute Gasteiger partial charge is 0.481 e. The zero-order valence-electron chi connectivity index (χ0n) is 11.4. The van der Waals surface area contributed by atoms with Gasteiger partial charge in [0.15, 0.2) is 0 Å². The van der Waals surface area contributed by atoms with E-state index < -0.39 is 12.0 Å². The summed E-state index contributed by atoms with van der Waals surface area (Å²) < 4.78 is 0. The molecule has 1 heterocycles. The van der Waals surface area contributed by atoms with Crippen LogP contribution < -0.4 is 10.6 Å². The van der Waals surface area contributed by atoms with Crippen LogP contribution in [0, 0.1) is 11.8 Å². The van der Waals surface area contributed by atoms with Crippen LogP contribution in [0.3, 0.4) is 0 Å². The van der Waals surface area contributed by atoms with Crippen LogP contribution in [0.4, 0.5) is 0 Å². The molecule has 0 aliphatic carbocycles. The number of rotatable bonds is 7. The Morgan fingerprint density at radius 3 is 2.63 bits per heavy atom. The van der Waals surface area contributed by atoms with Gasteiger partial charge < -0.3 is 15.7 Å². The van der Waals surface area contributed by atoms with Crippen LogP contribution in [0.15, 0.2) is 0 Å². The molecule has 2 amide bonds. The van der Waals surface area contributed by atoms with Crippen molar-refractivity contribution in [2.24, 2.45) is 11.8 Å². The number of nitrogens with one attached hydrogen (secondary N) is 2. The first-order valence-electron chi connectivity index (χ1n) is 6.67. The van der Waals surface area contributed by atoms with Crippen LogP contribution in [0.1, 0.15) is 39.5 Å². The van der Waals surface area contributed by atoms with E-state index in [1.807, 2.05) is 13.8 Å². The zero-order valence-corrected chi connectivity index (χ0v) is 11.4. The lowest BCUT2D eigenvalue weighted by Crippen LogP contribution is -2.43. The molecule has 3 N–H and O–H groups in total. The van der Waals surface area contributed by atoms with Crippen molar-refractivity contribution in [1.29, 1.82) is 0 Å². The molecule has 1 aliphatic heterocycles. The first-order valence-corrected chi connectivity index (χ1v) is 6.67. The van der Waals surface area contributed by atoms with Crippen molar-refractivity contribution in [3.05, 3.63) is 0 Å². The number of carbonyl (C=O) groups is 3. The Bertz CT molecular complexity index is 355. The van der Waals surface area contributed by atoms with Gasteiger partial charge in [0.2, 0.25) is 11.8 Å². The molecule has 0 aromatic carbocycles. The molecule has 108 valence electrons. The Hall–Kier alpha value is -1.59. The Morgan fingerprint density at radius 1 is 1.47 bits per heavy atom. The summed E-state index contributed by atoms with van der Waals surface area (Å²) in [4.78, 5) is 33.6. The highest BCUT2D eigenvalue weighted by molar-refractivity contribution is 5.90. The van der Waals surface area contributed by atoms with Gasteiger partial charge >= 0.3 is 5.97 Å². The van der Waals surface area contributed by atoms with Crippen molar-refractivity contribution >= 4 is 17.8 Å². The number of hydrogen-bond donors (Lipinski definition) is 3. The molecule has 0 saturated carbocycles. The maximum absolute atomic E-state index is 11.8. The van der Waals surface area contributed by atoms with E-state index in [4.69, 9.17) is 5.11 Å². The highest BCUT2D eigenvalue weighted by Gasteiger charge is 2.27. The van der Waals surface area contributed by atoms with E-state index in [0.717, 1.165) is 6.42 Å². The molecule has 1 saturated heterocycles. The standard InChI is InChI=1S/C13H22N2O4/c1-8(2)5-9(6-12(17)18)7-14-13(19)10-3-4-11(16)15-10/h8-10H,3-7H2,1-2H3,(H,14,19)(H,15,16)(H,17,18)/t9-,10+/m0/s1. The third-order valence-corrected chi connectivity index (χ3v) is 3.14. The van der Waals surface area contributed by atoms with Gasteiger partial charge in [0.25, 0.3) is 0 Å². The second kappa shape index (κ2) is 7.11. The summed E-state index contributed by atoms with van der Waals surface area (Å²) in [5, 5.41) is 14.2. The van der Waals surface area contributed by atoms with Gasteiger partial charge in [-0.15, -0.1) is 0 Å². The summed E-state index contributed by atoms with van der Waals surface area (Å²) in [5.74, 6) is -0.866. The molecule has 1 rings (SSSR count). The van der Waals surface area contributed by atoms with E-state index in [0.29, 0.717) is 25.3 Å². The fourth-order valence-electron chi connectivity index (χ4n) is 2.33. The smallest absolute Gasteiger partial charge is 0.303 e. The minimum absolute atomic E-state index is 0.0511. The highest BCUT2D eigenvalue weighted by atomic mass is 16.4. The number of carbonyl (C=O) groups excluding carboxylic acids is 2. The van der Waals surface area contributed by atoms with Gasteiger partial charge in [-0.3, -0.25) is 14.4 Å². The molecule has 19 heavy (non-hydrogen) atoms. The lowest BCUT2D eigenvalue weighted by Gasteiger charge is -2.19. The molecule has 1 aliphatic rings. The topological polar surface area (TPSA) is 95.5 Å². The predicted molar refractivity (Wildman–Crippen MR) is 69.4 cm³/mol. The molecular formula is C13H22N2O4. The number of amides is 2. The van der Waals surface area contributed by atoms with Crippen molar-refractivity contribution in [1.82, 2.24) is 10.6 Å². The van der Waals surface area contributed by atoms with Gasteiger partial charge in [-0.05, 0) is 24.7 Å². The SMILES string of the molecule is CC(C)C[C@H](CNC(=O)[C@H]1CCC(=O)N1)CC(=O)O. The summed E-state index contributed by atoms with van der Waals surface area (Å²) in [7, 11) is 0. The summed E-state index contributed by atoms with van der Waals surface area (Å²) in [5.41, 5.74) is 0. The summed E-state index contributed by atoms with van der Waals surface area (Å²) in [6.45, 7) is 4.39. The van der Waals surface area contributed by atoms with Crippen LogP contribution >= 0.6 is 0 Å². The van der Waals surface area contributed by atoms with Crippen LogP contribution in [-0.2, 0) is 14.4 Å². The predicted octanol–water partition coefficient (Wildman–Crippen LogP) is 0.518. The quantitative estimate of drug-likeness (QED) is 0.628. The molecule has 6 heteroatoms. The molecule has 6 nitrogen and oxygen atoms in total. The summed E-state index contributed by atoms with van der Waals surface area (Å²) in [6.07, 6.45) is 1.69. The fourth-order valence-corrected chi connectivity index (χ4v) is 2.33. The Balaban J connectivity index is 2.39. The molecule has 0 aromatic rings. The first-order chi connectivity index (χ1) is 8.88. The van der Waals surface area contributed by atoms with Gasteiger partial charge in [-0.25, -0.2) is 0 Å². The highest BCUT2D eigenvalue weighted by Crippen LogP contribution is 2.15. The summed E-state index contributed by atoms with van der Waals surface area (Å²) >= 11 is 0. The summed E-state index contributed by atoms with van der Waals surface area (Å²) in [6, 6.07) is -0.461. The van der Waals surface area contributed by atoms with E-state index in [-0.39, 0.29) is 24.2 Å². The molecule has 1 fully saturated rings. The molecule has 0 bridgehead atoms. The van der Waals surface area contributed by atoms with Crippen LogP contribution in [-0.4, -0.2) is 35.5 Å². The Labute approximate surface area is 112 Å². The minimum Gasteiger partial charge on any atom is -0.481 e. The van der Waals surface area contributed by atoms with Crippen molar-refractivity contribution < 1.29 is 19.5 Å². The molecule has 0 unspecified atom stereocenters. The number of carboxylic acid groups (broad SMARTS) is 1. The van der Waals surface area contributed by atoms with Gasteiger partial charge in [0.1, 0.15) is 6.04 Å². The van der Waals surface area contributed by atoms with E-state index >= 15 is 0 Å². The van der Waals surface area contributed by atoms with E-state index in [1.54, 1.807) is 0 Å². The van der Waals surface area contributed by atoms with Crippen molar-refractivity contribution in [2.45, 2.75) is 45.6 Å². The number of carboxylic acids is 1. The van der Waals surface area contributed by atoms with E-state index in [2.05, 4.69) is 10.6 Å². The fraction of sp³-hybridized carbons (Fsp3) is 0.769. The van der Waals surface area contributed by atoms with Crippen molar-refractivity contribution in [2.75, 3.05) is 6.54 Å². The van der Waals surface area contributed by atoms with Gasteiger partial charge in [0.05, 0.1) is 0 Å². The maximum atomic E-state index is 11.8. The van der Waals surface area contributed by atoms with E-state index in [9.17, 15) is 14.4 Å².